The average molecular weight is 291 g/mol. The van der Waals surface area contributed by atoms with E-state index in [2.05, 4.69) is 28.9 Å². The number of hydrogen-bond acceptors (Lipinski definition) is 3. The number of nitrogens with zero attached hydrogens (tertiary/aromatic N) is 2. The van der Waals surface area contributed by atoms with Crippen LogP contribution in [0.3, 0.4) is 0 Å². The second kappa shape index (κ2) is 5.98. The van der Waals surface area contributed by atoms with Gasteiger partial charge in [-0.05, 0) is 44.0 Å². The lowest BCUT2D eigenvalue weighted by Crippen LogP contribution is -2.37. The van der Waals surface area contributed by atoms with E-state index >= 15 is 0 Å². The van der Waals surface area contributed by atoms with E-state index in [0.29, 0.717) is 6.10 Å². The monoisotopic (exact) mass is 290 g/mol. The van der Waals surface area contributed by atoms with Gasteiger partial charge in [-0.2, -0.15) is 0 Å². The summed E-state index contributed by atoms with van der Waals surface area (Å²) in [7, 11) is 0. The Bertz CT molecular complexity index is 594. The molecule has 2 aromatic rings. The third kappa shape index (κ3) is 2.74. The van der Waals surface area contributed by atoms with Crippen LogP contribution >= 0.6 is 11.6 Å². The van der Waals surface area contributed by atoms with E-state index in [1.54, 1.807) is 0 Å². The molecule has 1 aliphatic heterocycles. The normalized spacial score (nSPS) is 16.8. The summed E-state index contributed by atoms with van der Waals surface area (Å²) >= 11 is 6.04. The van der Waals surface area contributed by atoms with E-state index in [0.717, 1.165) is 43.1 Å². The lowest BCUT2D eigenvalue weighted by molar-refractivity contribution is 0.0459. The van der Waals surface area contributed by atoms with Gasteiger partial charge in [0.15, 0.2) is 0 Å². The van der Waals surface area contributed by atoms with Gasteiger partial charge in [-0.15, -0.1) is 0 Å². The molecule has 1 saturated heterocycles. The Balaban J connectivity index is 1.84. The van der Waals surface area contributed by atoms with Crippen molar-refractivity contribution in [2.45, 2.75) is 25.9 Å². The molecule has 0 spiro atoms. The Morgan fingerprint density at radius 3 is 2.85 bits per heavy atom. The van der Waals surface area contributed by atoms with Crippen molar-refractivity contribution in [1.82, 2.24) is 4.98 Å². The molecular formula is C16H19ClN2O. The lowest BCUT2D eigenvalue weighted by Gasteiger charge is -2.34. The molecule has 1 fully saturated rings. The Morgan fingerprint density at radius 2 is 2.10 bits per heavy atom. The predicted octanol–water partition coefficient (Wildman–Crippen LogP) is 3.89. The van der Waals surface area contributed by atoms with Crippen molar-refractivity contribution in [3.05, 3.63) is 35.5 Å². The number of hydrogen-bond donors (Lipinski definition) is 0. The van der Waals surface area contributed by atoms with E-state index in [1.165, 1.54) is 11.1 Å². The summed E-state index contributed by atoms with van der Waals surface area (Å²) in [4.78, 5) is 6.83. The summed E-state index contributed by atoms with van der Waals surface area (Å²) in [5, 5.41) is 1.91. The van der Waals surface area contributed by atoms with Gasteiger partial charge in [0, 0.05) is 42.0 Å². The first kappa shape index (κ1) is 13.7. The summed E-state index contributed by atoms with van der Waals surface area (Å²) in [6.45, 7) is 4.94. The molecule has 20 heavy (non-hydrogen) atoms. The maximum atomic E-state index is 6.04. The maximum Gasteiger partial charge on any atom is 0.0737 e. The van der Waals surface area contributed by atoms with Crippen LogP contribution in [0.4, 0.5) is 5.69 Å². The summed E-state index contributed by atoms with van der Waals surface area (Å²) in [5.74, 6) is 0. The van der Waals surface area contributed by atoms with E-state index in [9.17, 15) is 0 Å². The van der Waals surface area contributed by atoms with Gasteiger partial charge < -0.3 is 9.64 Å². The molecule has 106 valence electrons. The Kier molecular flexibility index (Phi) is 4.08. The second-order valence-electron chi connectivity index (χ2n) is 5.13. The molecule has 0 atom stereocenters. The minimum atomic E-state index is 0.416. The molecule has 1 aromatic heterocycles. The molecular weight excluding hydrogens is 272 g/mol. The minimum absolute atomic E-state index is 0.416. The highest BCUT2D eigenvalue weighted by molar-refractivity contribution is 6.31. The van der Waals surface area contributed by atoms with Crippen LogP contribution in [-0.2, 0) is 4.74 Å². The van der Waals surface area contributed by atoms with Crippen LogP contribution in [0, 0.1) is 0 Å². The number of aromatic nitrogens is 1. The third-order valence-corrected chi connectivity index (χ3v) is 4.10. The molecule has 0 aliphatic carbocycles. The van der Waals surface area contributed by atoms with Crippen molar-refractivity contribution in [2.24, 2.45) is 0 Å². The molecule has 2 heterocycles. The minimum Gasteiger partial charge on any atom is -0.378 e. The fourth-order valence-corrected chi connectivity index (χ4v) is 3.05. The zero-order chi connectivity index (χ0) is 13.9. The highest BCUT2D eigenvalue weighted by atomic mass is 35.5. The van der Waals surface area contributed by atoms with E-state index in [4.69, 9.17) is 16.3 Å². The average Bonchev–Trinajstić information content (AvgIpc) is 2.47. The molecule has 0 saturated carbocycles. The number of fused-ring (bicyclic) bond motifs is 1. The smallest absolute Gasteiger partial charge is 0.0737 e. The van der Waals surface area contributed by atoms with Crippen LogP contribution < -0.4 is 4.90 Å². The van der Waals surface area contributed by atoms with Crippen LogP contribution in [0.2, 0.25) is 5.02 Å². The van der Waals surface area contributed by atoms with Crippen molar-refractivity contribution < 1.29 is 4.74 Å². The second-order valence-corrected chi connectivity index (χ2v) is 5.57. The van der Waals surface area contributed by atoms with Crippen molar-refractivity contribution in [2.75, 3.05) is 24.6 Å². The number of pyridine rings is 1. The summed E-state index contributed by atoms with van der Waals surface area (Å²) in [6.07, 6.45) is 4.46. The first-order chi connectivity index (χ1) is 9.78. The Labute approximate surface area is 124 Å². The van der Waals surface area contributed by atoms with Crippen LogP contribution in [-0.4, -0.2) is 30.8 Å². The number of ether oxygens (including phenoxy) is 1. The van der Waals surface area contributed by atoms with Crippen molar-refractivity contribution >= 4 is 28.2 Å². The molecule has 4 heteroatoms. The third-order valence-electron chi connectivity index (χ3n) is 3.87. The summed E-state index contributed by atoms with van der Waals surface area (Å²) in [5.41, 5.74) is 2.21. The summed E-state index contributed by atoms with van der Waals surface area (Å²) in [6, 6.07) is 8.02. The SMILES string of the molecule is CCOC1CCN(c2ccnc3cc(Cl)ccc23)CC1. The number of anilines is 1. The topological polar surface area (TPSA) is 25.4 Å². The largest absolute Gasteiger partial charge is 0.378 e. The zero-order valence-electron chi connectivity index (χ0n) is 11.7. The number of benzene rings is 1. The maximum absolute atomic E-state index is 6.04. The van der Waals surface area contributed by atoms with Crippen molar-refractivity contribution in [3.63, 3.8) is 0 Å². The standard InChI is InChI=1S/C16H19ClN2O/c1-2-20-13-6-9-19(10-7-13)16-5-8-18-15-11-12(17)3-4-14(15)16/h3-5,8,11,13H,2,6-7,9-10H2,1H3. The quantitative estimate of drug-likeness (QED) is 0.857. The van der Waals surface area contributed by atoms with Gasteiger partial charge in [0.2, 0.25) is 0 Å². The van der Waals surface area contributed by atoms with Crippen molar-refractivity contribution in [3.8, 4) is 0 Å². The van der Waals surface area contributed by atoms with Crippen LogP contribution in [0.15, 0.2) is 30.5 Å². The highest BCUT2D eigenvalue weighted by Gasteiger charge is 2.20. The Hall–Kier alpha value is -1.32. The molecule has 3 rings (SSSR count). The van der Waals surface area contributed by atoms with Crippen LogP contribution in [0.5, 0.6) is 0 Å². The van der Waals surface area contributed by atoms with E-state index in [1.807, 2.05) is 18.3 Å². The van der Waals surface area contributed by atoms with E-state index in [-0.39, 0.29) is 0 Å². The molecule has 0 bridgehead atoms. The lowest BCUT2D eigenvalue weighted by atomic mass is 10.1. The van der Waals surface area contributed by atoms with Gasteiger partial charge in [-0.3, -0.25) is 4.98 Å². The van der Waals surface area contributed by atoms with Gasteiger partial charge >= 0.3 is 0 Å². The van der Waals surface area contributed by atoms with Crippen LogP contribution in [0.25, 0.3) is 10.9 Å². The number of halogens is 1. The molecule has 1 aromatic carbocycles. The molecule has 1 aliphatic rings. The van der Waals surface area contributed by atoms with Gasteiger partial charge in [-0.25, -0.2) is 0 Å². The molecule has 3 nitrogen and oxygen atoms in total. The fraction of sp³-hybridized carbons (Fsp3) is 0.438. The molecule has 0 radical (unpaired) electrons. The first-order valence-electron chi connectivity index (χ1n) is 7.18. The molecule has 0 unspecified atom stereocenters. The number of piperidine rings is 1. The Morgan fingerprint density at radius 1 is 1.30 bits per heavy atom. The summed E-state index contributed by atoms with van der Waals surface area (Å²) < 4.78 is 5.71. The van der Waals surface area contributed by atoms with E-state index < -0.39 is 0 Å². The van der Waals surface area contributed by atoms with Crippen LogP contribution in [0.1, 0.15) is 19.8 Å². The number of rotatable bonds is 3. The van der Waals surface area contributed by atoms with Gasteiger partial charge in [-0.1, -0.05) is 11.6 Å². The van der Waals surface area contributed by atoms with Gasteiger partial charge in [0.05, 0.1) is 11.6 Å². The molecule has 0 N–H and O–H groups in total. The van der Waals surface area contributed by atoms with Gasteiger partial charge in [0.25, 0.3) is 0 Å². The zero-order valence-corrected chi connectivity index (χ0v) is 12.4. The van der Waals surface area contributed by atoms with Gasteiger partial charge in [0.1, 0.15) is 0 Å². The highest BCUT2D eigenvalue weighted by Crippen LogP contribution is 2.29. The molecule has 0 amide bonds. The fourth-order valence-electron chi connectivity index (χ4n) is 2.88. The van der Waals surface area contributed by atoms with Crippen molar-refractivity contribution in [1.29, 1.82) is 0 Å². The first-order valence-corrected chi connectivity index (χ1v) is 7.56. The predicted molar refractivity (Wildman–Crippen MR) is 83.6 cm³/mol.